The van der Waals surface area contributed by atoms with Gasteiger partial charge in [0.2, 0.25) is 0 Å². The molecule has 1 fully saturated rings. The van der Waals surface area contributed by atoms with Crippen molar-refractivity contribution in [3.63, 3.8) is 0 Å². The van der Waals surface area contributed by atoms with Crippen LogP contribution in [0.15, 0.2) is 4.99 Å². The van der Waals surface area contributed by atoms with Gasteiger partial charge in [-0.2, -0.15) is 0 Å². The van der Waals surface area contributed by atoms with Gasteiger partial charge in [0, 0.05) is 38.8 Å². The first-order valence-corrected chi connectivity index (χ1v) is 10.0. The highest BCUT2D eigenvalue weighted by atomic mass is 127. The highest BCUT2D eigenvalue weighted by Crippen LogP contribution is 2.14. The lowest BCUT2D eigenvalue weighted by Crippen LogP contribution is -2.52. The van der Waals surface area contributed by atoms with Crippen molar-refractivity contribution in [2.24, 2.45) is 16.6 Å². The number of unbranched alkanes of at least 4 members (excludes halogenated alkanes) is 5. The van der Waals surface area contributed by atoms with Gasteiger partial charge in [-0.05, 0) is 19.4 Å². The van der Waals surface area contributed by atoms with E-state index in [1.807, 2.05) is 0 Å². The lowest BCUT2D eigenvalue weighted by Gasteiger charge is -2.39. The number of nitrogens with one attached hydrogen (secondary N) is 1. The molecule has 1 aliphatic rings. The van der Waals surface area contributed by atoms with Crippen LogP contribution in [-0.4, -0.2) is 68.1 Å². The number of nitrogens with zero attached hydrogens (tertiary/aromatic N) is 3. The molecule has 0 aromatic heterocycles. The minimum Gasteiger partial charge on any atom is -0.370 e. The predicted molar refractivity (Wildman–Crippen MR) is 121 cm³/mol. The average molecular weight is 467 g/mol. The second kappa shape index (κ2) is 15.0. The van der Waals surface area contributed by atoms with E-state index in [1.54, 1.807) is 0 Å². The zero-order valence-electron chi connectivity index (χ0n) is 17.0. The molecule has 25 heavy (non-hydrogen) atoms. The van der Waals surface area contributed by atoms with E-state index in [9.17, 15) is 0 Å². The number of hydrogen-bond donors (Lipinski definition) is 2. The lowest BCUT2D eigenvalue weighted by molar-refractivity contribution is 0.0925. The number of rotatable bonds is 11. The fourth-order valence-corrected chi connectivity index (χ4v) is 3.27. The van der Waals surface area contributed by atoms with Gasteiger partial charge in [-0.3, -0.25) is 9.89 Å². The van der Waals surface area contributed by atoms with Crippen molar-refractivity contribution in [2.45, 2.75) is 65.3 Å². The molecule has 0 saturated carbocycles. The standard InChI is InChI=1S/C19H41N5.HI/c1-5-6-7-8-9-10-11-21-19(20)22-16-18(17(2)3)24-14-12-23(4)13-15-24;/h17-18H,5-16H2,1-4H3,(H3,20,21,22);1H. The molecule has 150 valence electrons. The second-order valence-corrected chi connectivity index (χ2v) is 7.57. The Morgan fingerprint density at radius 2 is 1.64 bits per heavy atom. The number of hydrogen-bond acceptors (Lipinski definition) is 3. The summed E-state index contributed by atoms with van der Waals surface area (Å²) in [6.45, 7) is 13.2. The SMILES string of the molecule is CCCCCCCCNC(N)=NCC(C(C)C)N1CCN(C)CC1.I. The van der Waals surface area contributed by atoms with Crippen LogP contribution < -0.4 is 11.1 Å². The zero-order valence-corrected chi connectivity index (χ0v) is 19.3. The van der Waals surface area contributed by atoms with E-state index in [2.05, 4.69) is 47.9 Å². The molecule has 0 aliphatic carbocycles. The van der Waals surface area contributed by atoms with Crippen LogP contribution in [0.3, 0.4) is 0 Å². The first kappa shape index (κ1) is 24.9. The summed E-state index contributed by atoms with van der Waals surface area (Å²) in [5, 5.41) is 3.28. The van der Waals surface area contributed by atoms with Crippen LogP contribution in [0.4, 0.5) is 0 Å². The molecule has 0 aromatic carbocycles. The topological polar surface area (TPSA) is 56.9 Å². The number of likely N-dealkylation sites (N-methyl/N-ethyl adjacent to an activating group) is 1. The highest BCUT2D eigenvalue weighted by Gasteiger charge is 2.24. The van der Waals surface area contributed by atoms with Gasteiger partial charge in [0.1, 0.15) is 0 Å². The predicted octanol–water partition coefficient (Wildman–Crippen LogP) is 3.14. The number of piperazine rings is 1. The van der Waals surface area contributed by atoms with Crippen LogP contribution >= 0.6 is 24.0 Å². The summed E-state index contributed by atoms with van der Waals surface area (Å²) in [5.41, 5.74) is 6.05. The van der Waals surface area contributed by atoms with Crippen molar-refractivity contribution < 1.29 is 0 Å². The normalized spacial score (nSPS) is 18.2. The number of guanidine groups is 1. The van der Waals surface area contributed by atoms with E-state index in [1.165, 1.54) is 38.5 Å². The molecule has 0 aromatic rings. The van der Waals surface area contributed by atoms with E-state index in [0.717, 1.165) is 39.3 Å². The van der Waals surface area contributed by atoms with Gasteiger partial charge in [0.15, 0.2) is 5.96 Å². The molecule has 5 nitrogen and oxygen atoms in total. The molecule has 6 heteroatoms. The van der Waals surface area contributed by atoms with Crippen molar-refractivity contribution >= 4 is 29.9 Å². The molecule has 1 rings (SSSR count). The van der Waals surface area contributed by atoms with Gasteiger partial charge < -0.3 is 16.0 Å². The van der Waals surface area contributed by atoms with Crippen molar-refractivity contribution in [3.8, 4) is 0 Å². The van der Waals surface area contributed by atoms with Crippen LogP contribution in [0, 0.1) is 5.92 Å². The van der Waals surface area contributed by atoms with Gasteiger partial charge in [0.25, 0.3) is 0 Å². The van der Waals surface area contributed by atoms with Crippen LogP contribution in [-0.2, 0) is 0 Å². The smallest absolute Gasteiger partial charge is 0.188 e. The van der Waals surface area contributed by atoms with Crippen molar-refractivity contribution in [1.82, 2.24) is 15.1 Å². The maximum Gasteiger partial charge on any atom is 0.188 e. The van der Waals surface area contributed by atoms with Gasteiger partial charge in [-0.15, -0.1) is 24.0 Å². The highest BCUT2D eigenvalue weighted by molar-refractivity contribution is 14.0. The van der Waals surface area contributed by atoms with Gasteiger partial charge in [-0.1, -0.05) is 52.9 Å². The minimum absolute atomic E-state index is 0. The Balaban J connectivity index is 0.00000576. The van der Waals surface area contributed by atoms with Crippen LogP contribution in [0.2, 0.25) is 0 Å². The average Bonchev–Trinajstić information content (AvgIpc) is 2.55. The summed E-state index contributed by atoms with van der Waals surface area (Å²) >= 11 is 0. The fraction of sp³-hybridized carbons (Fsp3) is 0.947. The maximum absolute atomic E-state index is 6.05. The van der Waals surface area contributed by atoms with Crippen molar-refractivity contribution in [3.05, 3.63) is 0 Å². The molecule has 1 aliphatic heterocycles. The third-order valence-corrected chi connectivity index (χ3v) is 5.06. The third-order valence-electron chi connectivity index (χ3n) is 5.06. The first-order chi connectivity index (χ1) is 11.5. The van der Waals surface area contributed by atoms with E-state index in [-0.39, 0.29) is 24.0 Å². The molecule has 0 spiro atoms. The molecule has 0 amide bonds. The number of halogens is 1. The summed E-state index contributed by atoms with van der Waals surface area (Å²) < 4.78 is 0. The van der Waals surface area contributed by atoms with Crippen molar-refractivity contribution in [2.75, 3.05) is 46.3 Å². The Kier molecular flexibility index (Phi) is 15.0. The molecule has 0 radical (unpaired) electrons. The summed E-state index contributed by atoms with van der Waals surface area (Å²) in [7, 11) is 2.20. The summed E-state index contributed by atoms with van der Waals surface area (Å²) in [6, 6.07) is 0.494. The van der Waals surface area contributed by atoms with E-state index < -0.39 is 0 Å². The van der Waals surface area contributed by atoms with Gasteiger partial charge in [0.05, 0.1) is 6.54 Å². The molecule has 0 bridgehead atoms. The van der Waals surface area contributed by atoms with Crippen LogP contribution in [0.1, 0.15) is 59.3 Å². The molecule has 1 atom stereocenters. The van der Waals surface area contributed by atoms with Crippen LogP contribution in [0.25, 0.3) is 0 Å². The molecular weight excluding hydrogens is 425 g/mol. The summed E-state index contributed by atoms with van der Waals surface area (Å²) in [5.74, 6) is 1.21. The number of nitrogens with two attached hydrogens (primary N) is 1. The first-order valence-electron chi connectivity index (χ1n) is 10.0. The number of aliphatic imine (C=N–C) groups is 1. The fourth-order valence-electron chi connectivity index (χ4n) is 3.27. The Bertz CT molecular complexity index is 341. The second-order valence-electron chi connectivity index (χ2n) is 7.57. The lowest BCUT2D eigenvalue weighted by atomic mass is 10.0. The summed E-state index contributed by atoms with van der Waals surface area (Å²) in [6.07, 6.45) is 7.84. The third kappa shape index (κ3) is 11.3. The summed E-state index contributed by atoms with van der Waals surface area (Å²) in [4.78, 5) is 9.59. The van der Waals surface area contributed by atoms with E-state index >= 15 is 0 Å². The quantitative estimate of drug-likeness (QED) is 0.212. The molecule has 1 unspecified atom stereocenters. The Labute approximate surface area is 173 Å². The van der Waals surface area contributed by atoms with E-state index in [0.29, 0.717) is 17.9 Å². The Morgan fingerprint density at radius 3 is 2.24 bits per heavy atom. The molecule has 1 heterocycles. The molecule has 1 saturated heterocycles. The Hall–Kier alpha value is -0.0800. The zero-order chi connectivity index (χ0) is 17.8. The monoisotopic (exact) mass is 467 g/mol. The van der Waals surface area contributed by atoms with Crippen molar-refractivity contribution in [1.29, 1.82) is 0 Å². The maximum atomic E-state index is 6.05. The minimum atomic E-state index is 0. The largest absolute Gasteiger partial charge is 0.370 e. The molecule has 3 N–H and O–H groups in total. The van der Waals surface area contributed by atoms with Gasteiger partial charge >= 0.3 is 0 Å². The molecular formula is C19H42IN5. The van der Waals surface area contributed by atoms with Crippen LogP contribution in [0.5, 0.6) is 0 Å². The van der Waals surface area contributed by atoms with Gasteiger partial charge in [-0.25, -0.2) is 0 Å². The Morgan fingerprint density at radius 1 is 1.04 bits per heavy atom. The van der Waals surface area contributed by atoms with E-state index in [4.69, 9.17) is 5.73 Å².